The fourth-order valence-corrected chi connectivity index (χ4v) is 6.39. The minimum Gasteiger partial charge on any atom is -0.375 e. The van der Waals surface area contributed by atoms with Crippen LogP contribution in [0.2, 0.25) is 0 Å². The van der Waals surface area contributed by atoms with Crippen molar-refractivity contribution in [2.45, 2.75) is 132 Å². The highest BCUT2D eigenvalue weighted by Gasteiger charge is 2.46. The van der Waals surface area contributed by atoms with E-state index >= 15 is 0 Å². The van der Waals surface area contributed by atoms with Gasteiger partial charge in [0.15, 0.2) is 0 Å². The first kappa shape index (κ1) is 24.0. The Balaban J connectivity index is 1.12. The average Bonchev–Trinajstić information content (AvgIpc) is 3.43. The molecule has 0 aromatic rings. The van der Waals surface area contributed by atoms with Crippen molar-refractivity contribution in [3.8, 4) is 0 Å². The van der Waals surface area contributed by atoms with Crippen molar-refractivity contribution in [1.29, 1.82) is 0 Å². The van der Waals surface area contributed by atoms with E-state index in [1.807, 2.05) is 0 Å². The molecule has 1 heterocycles. The minimum absolute atomic E-state index is 0.0132. The van der Waals surface area contributed by atoms with Crippen molar-refractivity contribution in [3.63, 3.8) is 0 Å². The van der Waals surface area contributed by atoms with Gasteiger partial charge in [-0.05, 0) is 63.4 Å². The molecular formula is C25H42ClN5O2. The number of alkyl halides is 1. The van der Waals surface area contributed by atoms with Crippen molar-refractivity contribution in [2.75, 3.05) is 0 Å². The minimum atomic E-state index is -0.536. The number of aliphatic hydroxyl groups is 1. The van der Waals surface area contributed by atoms with Crippen LogP contribution in [0.25, 0.3) is 0 Å². The zero-order chi connectivity index (χ0) is 23.0. The van der Waals surface area contributed by atoms with E-state index in [1.54, 1.807) is 0 Å². The topological polar surface area (TPSA) is 97.5 Å². The molecular weight excluding hydrogens is 438 g/mol. The lowest BCUT2D eigenvalue weighted by atomic mass is 9.90. The quantitative estimate of drug-likeness (QED) is 0.190. The van der Waals surface area contributed by atoms with Gasteiger partial charge in [0.2, 0.25) is 5.91 Å². The third-order valence-corrected chi connectivity index (χ3v) is 9.21. The van der Waals surface area contributed by atoms with Gasteiger partial charge < -0.3 is 10.4 Å². The van der Waals surface area contributed by atoms with E-state index in [0.29, 0.717) is 12.1 Å². The normalized spacial score (nSPS) is 39.4. The number of fused-ring (bicyclic) bond motifs is 1. The molecule has 7 atom stereocenters. The lowest BCUT2D eigenvalue weighted by molar-refractivity contribution is -0.126. The number of amides is 1. The largest absolute Gasteiger partial charge is 0.375 e. The van der Waals surface area contributed by atoms with Crippen molar-refractivity contribution in [3.05, 3.63) is 11.6 Å². The lowest BCUT2D eigenvalue weighted by Gasteiger charge is -2.36. The lowest BCUT2D eigenvalue weighted by Crippen LogP contribution is -2.57. The molecule has 7 nitrogen and oxygen atoms in total. The molecule has 8 heteroatoms. The summed E-state index contributed by atoms with van der Waals surface area (Å²) in [6.07, 6.45) is 14.5. The molecule has 33 heavy (non-hydrogen) atoms. The van der Waals surface area contributed by atoms with Crippen molar-refractivity contribution in [2.24, 2.45) is 5.41 Å². The van der Waals surface area contributed by atoms with Crippen LogP contribution in [0, 0.1) is 5.41 Å². The van der Waals surface area contributed by atoms with Crippen molar-refractivity contribution >= 4 is 17.5 Å². The van der Waals surface area contributed by atoms with Gasteiger partial charge in [-0.1, -0.05) is 32.3 Å². The number of carbonyl (C=O) groups excluding carboxylic acids is 1. The van der Waals surface area contributed by atoms with Gasteiger partial charge in [0.25, 0.3) is 0 Å². The van der Waals surface area contributed by atoms with Gasteiger partial charge in [-0.15, -0.1) is 11.6 Å². The van der Waals surface area contributed by atoms with Crippen LogP contribution in [-0.4, -0.2) is 59.1 Å². The number of carbonyl (C=O) groups is 1. The van der Waals surface area contributed by atoms with Crippen molar-refractivity contribution in [1.82, 2.24) is 26.6 Å². The molecule has 7 unspecified atom stereocenters. The molecule has 4 aliphatic carbocycles. The molecule has 1 aliphatic heterocycles. The number of rotatable bonds is 7. The molecule has 4 fully saturated rings. The summed E-state index contributed by atoms with van der Waals surface area (Å²) in [5.41, 5.74) is 0.979. The van der Waals surface area contributed by atoms with Crippen LogP contribution in [0.5, 0.6) is 0 Å². The SMILES string of the molecule is CC1(C(=O)NC2CCC(Cl)C(NC3NC4C=C(C(O)NC5CCCCC5)CCC4N3)C2)CC1. The molecule has 186 valence electrons. The zero-order valence-corrected chi connectivity index (χ0v) is 20.7. The van der Waals surface area contributed by atoms with E-state index in [9.17, 15) is 9.90 Å². The second-order valence-corrected chi connectivity index (χ2v) is 12.0. The summed E-state index contributed by atoms with van der Waals surface area (Å²) < 4.78 is 0. The summed E-state index contributed by atoms with van der Waals surface area (Å²) >= 11 is 6.69. The van der Waals surface area contributed by atoms with Gasteiger partial charge >= 0.3 is 0 Å². The molecule has 1 amide bonds. The fraction of sp³-hybridized carbons (Fsp3) is 0.880. The molecule has 1 saturated heterocycles. The van der Waals surface area contributed by atoms with E-state index in [1.165, 1.54) is 32.1 Å². The van der Waals surface area contributed by atoms with Gasteiger partial charge in [-0.3, -0.25) is 26.1 Å². The Morgan fingerprint density at radius 3 is 2.67 bits per heavy atom. The summed E-state index contributed by atoms with van der Waals surface area (Å²) in [7, 11) is 0. The first-order valence-corrected chi connectivity index (χ1v) is 13.7. The van der Waals surface area contributed by atoms with E-state index in [2.05, 4.69) is 39.6 Å². The van der Waals surface area contributed by atoms with Gasteiger partial charge in [0.1, 0.15) is 12.5 Å². The molecule has 5 rings (SSSR count). The molecule has 0 radical (unpaired) electrons. The summed E-state index contributed by atoms with van der Waals surface area (Å²) in [6.45, 7) is 2.06. The van der Waals surface area contributed by atoms with Gasteiger partial charge in [-0.25, -0.2) is 0 Å². The van der Waals surface area contributed by atoms with Gasteiger partial charge in [0, 0.05) is 41.0 Å². The third kappa shape index (κ3) is 5.76. The highest BCUT2D eigenvalue weighted by Crippen LogP contribution is 2.45. The molecule has 5 aliphatic rings. The number of halogens is 1. The predicted molar refractivity (Wildman–Crippen MR) is 131 cm³/mol. The standard InChI is InChI=1S/C25H42ClN5O2/c1-25(11-12-25)23(33)28-17-8-9-18(26)20(14-17)30-24-29-19-10-7-15(13-21(19)31-24)22(32)27-16-5-3-2-4-6-16/h13,16-22,24,27,29-32H,2-12,14H2,1H3,(H,28,33). The van der Waals surface area contributed by atoms with Crippen LogP contribution in [0.15, 0.2) is 11.6 Å². The average molecular weight is 480 g/mol. The van der Waals surface area contributed by atoms with E-state index in [0.717, 1.165) is 50.5 Å². The van der Waals surface area contributed by atoms with Gasteiger partial charge in [0.05, 0.1) is 0 Å². The Bertz CT molecular complexity index is 738. The maximum absolute atomic E-state index is 12.5. The second-order valence-electron chi connectivity index (χ2n) is 11.4. The van der Waals surface area contributed by atoms with E-state index in [4.69, 9.17) is 11.6 Å². The van der Waals surface area contributed by atoms with Crippen LogP contribution in [0.4, 0.5) is 0 Å². The monoisotopic (exact) mass is 479 g/mol. The Kier molecular flexibility index (Phi) is 7.36. The Labute approximate surface area is 203 Å². The van der Waals surface area contributed by atoms with Crippen LogP contribution >= 0.6 is 11.6 Å². The van der Waals surface area contributed by atoms with Crippen LogP contribution in [-0.2, 0) is 4.79 Å². The molecule has 6 N–H and O–H groups in total. The molecule has 0 bridgehead atoms. The predicted octanol–water partition coefficient (Wildman–Crippen LogP) is 2.20. The van der Waals surface area contributed by atoms with Crippen LogP contribution < -0.4 is 26.6 Å². The second kappa shape index (κ2) is 10.1. The van der Waals surface area contributed by atoms with Gasteiger partial charge in [-0.2, -0.15) is 0 Å². The third-order valence-electron chi connectivity index (χ3n) is 8.69. The summed E-state index contributed by atoms with van der Waals surface area (Å²) in [5.74, 6) is 0.209. The molecule has 0 spiro atoms. The smallest absolute Gasteiger partial charge is 0.226 e. The van der Waals surface area contributed by atoms with Crippen molar-refractivity contribution < 1.29 is 9.90 Å². The van der Waals surface area contributed by atoms with E-state index in [-0.39, 0.29) is 41.1 Å². The first-order valence-electron chi connectivity index (χ1n) is 13.3. The Morgan fingerprint density at radius 2 is 1.91 bits per heavy atom. The fourth-order valence-electron chi connectivity index (χ4n) is 6.09. The van der Waals surface area contributed by atoms with E-state index < -0.39 is 6.23 Å². The molecule has 3 saturated carbocycles. The number of aliphatic hydroxyl groups excluding tert-OH is 1. The highest BCUT2D eigenvalue weighted by atomic mass is 35.5. The summed E-state index contributed by atoms with van der Waals surface area (Å²) in [5, 5.41) is 28.6. The number of nitrogens with one attached hydrogen (secondary N) is 5. The highest BCUT2D eigenvalue weighted by molar-refractivity contribution is 6.21. The Hall–Kier alpha value is -0.700. The maximum atomic E-state index is 12.5. The first-order chi connectivity index (χ1) is 15.9. The number of hydrogen-bond acceptors (Lipinski definition) is 6. The summed E-state index contributed by atoms with van der Waals surface area (Å²) in [6, 6.07) is 1.34. The Morgan fingerprint density at radius 1 is 1.12 bits per heavy atom. The summed E-state index contributed by atoms with van der Waals surface area (Å²) in [4.78, 5) is 12.5. The number of hydrogen-bond donors (Lipinski definition) is 6. The zero-order valence-electron chi connectivity index (χ0n) is 19.9. The molecule has 0 aromatic heterocycles. The van der Waals surface area contributed by atoms with Crippen LogP contribution in [0.3, 0.4) is 0 Å². The molecule has 0 aromatic carbocycles. The maximum Gasteiger partial charge on any atom is 0.226 e. The van der Waals surface area contributed by atoms with Crippen LogP contribution in [0.1, 0.15) is 84.0 Å².